The molecule has 4 atom stereocenters. The Labute approximate surface area is 140 Å². The topological polar surface area (TPSA) is 64.6 Å². The highest BCUT2D eigenvalue weighted by atomic mass is 16.7. The summed E-state index contributed by atoms with van der Waals surface area (Å²) in [4.78, 5) is 24.0. The predicted octanol–water partition coefficient (Wildman–Crippen LogP) is 3.90. The van der Waals surface area contributed by atoms with Crippen molar-refractivity contribution in [1.82, 2.24) is 5.32 Å². The molecule has 0 saturated heterocycles. The van der Waals surface area contributed by atoms with Gasteiger partial charge in [-0.15, -0.1) is 0 Å². The highest BCUT2D eigenvalue weighted by Gasteiger charge is 2.34. The average molecular weight is 327 g/mol. The lowest BCUT2D eigenvalue weighted by Gasteiger charge is -2.36. The molecule has 0 spiro atoms. The van der Waals surface area contributed by atoms with E-state index in [1.807, 2.05) is 20.8 Å². The van der Waals surface area contributed by atoms with Gasteiger partial charge in [0.1, 0.15) is 6.10 Å². The highest BCUT2D eigenvalue weighted by molar-refractivity contribution is 5.82. The molecule has 0 aliphatic heterocycles. The molecule has 5 heteroatoms. The summed E-state index contributed by atoms with van der Waals surface area (Å²) in [5.41, 5.74) is -0.361. The SMILES string of the molecule is CC(C)[C@@H]1CC[C@@H](C)C[C@H]1OC(=O)O[C@@H](C)C(=O)NC(C)(C)C. The van der Waals surface area contributed by atoms with Crippen molar-refractivity contribution in [1.29, 1.82) is 0 Å². The van der Waals surface area contributed by atoms with E-state index in [1.54, 1.807) is 6.92 Å². The molecule has 0 radical (unpaired) electrons. The van der Waals surface area contributed by atoms with Crippen molar-refractivity contribution in [2.45, 2.75) is 85.5 Å². The second kappa shape index (κ2) is 8.02. The van der Waals surface area contributed by atoms with Crippen LogP contribution in [0.1, 0.15) is 67.7 Å². The van der Waals surface area contributed by atoms with Gasteiger partial charge in [-0.05, 0) is 58.3 Å². The molecule has 0 bridgehead atoms. The van der Waals surface area contributed by atoms with E-state index in [0.717, 1.165) is 12.8 Å². The summed E-state index contributed by atoms with van der Waals surface area (Å²) in [6.07, 6.45) is 1.37. The van der Waals surface area contributed by atoms with Gasteiger partial charge in [0.15, 0.2) is 6.10 Å². The number of amides is 1. The van der Waals surface area contributed by atoms with Crippen molar-refractivity contribution >= 4 is 12.1 Å². The van der Waals surface area contributed by atoms with Crippen LogP contribution in [0.3, 0.4) is 0 Å². The van der Waals surface area contributed by atoms with Crippen LogP contribution in [0.2, 0.25) is 0 Å². The van der Waals surface area contributed by atoms with Gasteiger partial charge in [0.25, 0.3) is 5.91 Å². The zero-order valence-electron chi connectivity index (χ0n) is 15.6. The van der Waals surface area contributed by atoms with E-state index in [4.69, 9.17) is 9.47 Å². The molecule has 1 amide bonds. The van der Waals surface area contributed by atoms with Crippen molar-refractivity contribution in [2.24, 2.45) is 17.8 Å². The van der Waals surface area contributed by atoms with E-state index in [0.29, 0.717) is 17.8 Å². The zero-order valence-corrected chi connectivity index (χ0v) is 15.6. The lowest BCUT2D eigenvalue weighted by atomic mass is 9.75. The van der Waals surface area contributed by atoms with Gasteiger partial charge in [-0.25, -0.2) is 4.79 Å². The maximum atomic E-state index is 12.0. The number of rotatable bonds is 4. The minimum atomic E-state index is -0.861. The third-order valence-corrected chi connectivity index (χ3v) is 4.35. The van der Waals surface area contributed by atoms with Crippen LogP contribution in [0.4, 0.5) is 4.79 Å². The molecule has 1 aliphatic rings. The summed E-state index contributed by atoms with van der Waals surface area (Å²) in [6.45, 7) is 13.7. The van der Waals surface area contributed by atoms with Crippen molar-refractivity contribution in [3.05, 3.63) is 0 Å². The second-order valence-corrected chi connectivity index (χ2v) is 8.23. The first kappa shape index (κ1) is 19.8. The third kappa shape index (κ3) is 6.80. The predicted molar refractivity (Wildman–Crippen MR) is 90.1 cm³/mol. The van der Waals surface area contributed by atoms with Crippen LogP contribution < -0.4 is 5.32 Å². The Morgan fingerprint density at radius 1 is 1.13 bits per heavy atom. The Kier molecular flexibility index (Phi) is 6.90. The molecule has 0 heterocycles. The summed E-state index contributed by atoms with van der Waals surface area (Å²) in [5, 5.41) is 2.79. The number of hydrogen-bond donors (Lipinski definition) is 1. The molecule has 0 aromatic carbocycles. The highest BCUT2D eigenvalue weighted by Crippen LogP contribution is 2.35. The molecule has 1 rings (SSSR count). The first-order valence-electron chi connectivity index (χ1n) is 8.69. The van der Waals surface area contributed by atoms with Gasteiger partial charge in [0, 0.05) is 5.54 Å². The Balaban J connectivity index is 2.55. The van der Waals surface area contributed by atoms with Gasteiger partial charge in [-0.1, -0.05) is 27.2 Å². The minimum absolute atomic E-state index is 0.121. The molecule has 1 aliphatic carbocycles. The molecule has 0 unspecified atom stereocenters. The largest absolute Gasteiger partial charge is 0.509 e. The van der Waals surface area contributed by atoms with Crippen LogP contribution in [0.15, 0.2) is 0 Å². The van der Waals surface area contributed by atoms with Gasteiger partial charge >= 0.3 is 6.16 Å². The monoisotopic (exact) mass is 327 g/mol. The van der Waals surface area contributed by atoms with Crippen LogP contribution in [0.5, 0.6) is 0 Å². The first-order valence-corrected chi connectivity index (χ1v) is 8.69. The van der Waals surface area contributed by atoms with Crippen LogP contribution in [-0.2, 0) is 14.3 Å². The Morgan fingerprint density at radius 3 is 2.26 bits per heavy atom. The maximum absolute atomic E-state index is 12.0. The van der Waals surface area contributed by atoms with Gasteiger partial charge in [0.2, 0.25) is 0 Å². The fraction of sp³-hybridized carbons (Fsp3) is 0.889. The van der Waals surface area contributed by atoms with Gasteiger partial charge < -0.3 is 14.8 Å². The molecule has 0 aromatic heterocycles. The minimum Gasteiger partial charge on any atom is -0.431 e. The molecule has 0 aromatic rings. The standard InChI is InChI=1S/C18H33NO4/c1-11(2)14-9-8-12(3)10-15(14)23-17(21)22-13(4)16(20)19-18(5,6)7/h11-15H,8-10H2,1-7H3,(H,19,20)/t12-,13+,14+,15-/m1/s1. The van der Waals surface area contributed by atoms with Crippen LogP contribution in [0, 0.1) is 17.8 Å². The average Bonchev–Trinajstić information content (AvgIpc) is 2.35. The maximum Gasteiger partial charge on any atom is 0.509 e. The third-order valence-electron chi connectivity index (χ3n) is 4.35. The van der Waals surface area contributed by atoms with E-state index in [-0.39, 0.29) is 17.6 Å². The molecule has 1 fully saturated rings. The van der Waals surface area contributed by atoms with E-state index < -0.39 is 12.3 Å². The molecular formula is C18H33NO4. The summed E-state index contributed by atoms with van der Waals surface area (Å²) in [6, 6.07) is 0. The fourth-order valence-electron chi connectivity index (χ4n) is 3.07. The van der Waals surface area contributed by atoms with Gasteiger partial charge in [0.05, 0.1) is 0 Å². The quantitative estimate of drug-likeness (QED) is 0.795. The lowest BCUT2D eigenvalue weighted by Crippen LogP contribution is -2.46. The van der Waals surface area contributed by atoms with Crippen molar-refractivity contribution < 1.29 is 19.1 Å². The summed E-state index contributed by atoms with van der Waals surface area (Å²) >= 11 is 0. The van der Waals surface area contributed by atoms with E-state index in [2.05, 4.69) is 26.1 Å². The van der Waals surface area contributed by atoms with Crippen molar-refractivity contribution in [2.75, 3.05) is 0 Å². The normalized spacial score (nSPS) is 26.5. The summed E-state index contributed by atoms with van der Waals surface area (Å²) < 4.78 is 10.7. The van der Waals surface area contributed by atoms with Crippen molar-refractivity contribution in [3.8, 4) is 0 Å². The van der Waals surface area contributed by atoms with Crippen LogP contribution >= 0.6 is 0 Å². The van der Waals surface area contributed by atoms with Crippen LogP contribution in [-0.4, -0.2) is 29.8 Å². The molecule has 1 N–H and O–H groups in total. The smallest absolute Gasteiger partial charge is 0.431 e. The van der Waals surface area contributed by atoms with E-state index >= 15 is 0 Å². The number of ether oxygens (including phenoxy) is 2. The fourth-order valence-corrected chi connectivity index (χ4v) is 3.07. The Bertz CT molecular complexity index is 414. The Morgan fingerprint density at radius 2 is 1.74 bits per heavy atom. The van der Waals surface area contributed by atoms with E-state index in [9.17, 15) is 9.59 Å². The summed E-state index contributed by atoms with van der Waals surface area (Å²) in [5.74, 6) is 1.05. The van der Waals surface area contributed by atoms with Gasteiger partial charge in [-0.3, -0.25) is 4.79 Å². The molecule has 5 nitrogen and oxygen atoms in total. The number of nitrogens with one attached hydrogen (secondary N) is 1. The molecule has 134 valence electrons. The number of carbonyl (C=O) groups is 2. The van der Waals surface area contributed by atoms with Gasteiger partial charge in [-0.2, -0.15) is 0 Å². The molecule has 23 heavy (non-hydrogen) atoms. The molecule has 1 saturated carbocycles. The number of carbonyl (C=O) groups excluding carboxylic acids is 2. The Hall–Kier alpha value is -1.26. The van der Waals surface area contributed by atoms with E-state index in [1.165, 1.54) is 6.42 Å². The second-order valence-electron chi connectivity index (χ2n) is 8.23. The molecular weight excluding hydrogens is 294 g/mol. The van der Waals surface area contributed by atoms with Crippen LogP contribution in [0.25, 0.3) is 0 Å². The first-order chi connectivity index (χ1) is 10.5. The zero-order chi connectivity index (χ0) is 17.8. The van der Waals surface area contributed by atoms with Crippen molar-refractivity contribution in [3.63, 3.8) is 0 Å². The summed E-state index contributed by atoms with van der Waals surface area (Å²) in [7, 11) is 0. The lowest BCUT2D eigenvalue weighted by molar-refractivity contribution is -0.132. The number of hydrogen-bond acceptors (Lipinski definition) is 4.